The summed E-state index contributed by atoms with van der Waals surface area (Å²) in [7, 11) is 0. The van der Waals surface area contributed by atoms with Crippen LogP contribution in [0, 0.1) is 0 Å². The molecule has 1 aliphatic rings. The zero-order chi connectivity index (χ0) is 18.4. The summed E-state index contributed by atoms with van der Waals surface area (Å²) in [6, 6.07) is 12.0. The van der Waals surface area contributed by atoms with Crippen molar-refractivity contribution in [1.29, 1.82) is 0 Å². The minimum atomic E-state index is -0.365. The molecule has 0 aliphatic carbocycles. The molecule has 1 aliphatic heterocycles. The molecule has 2 aromatic carbocycles. The molecular weight excluding hydrogens is 336 g/mol. The molecular formula is C19H20N2O5. The number of ether oxygens (including phenoxy) is 3. The highest BCUT2D eigenvalue weighted by atomic mass is 16.6. The van der Waals surface area contributed by atoms with E-state index in [2.05, 4.69) is 10.6 Å². The van der Waals surface area contributed by atoms with Crippen molar-refractivity contribution in [2.24, 2.45) is 0 Å². The van der Waals surface area contributed by atoms with E-state index < -0.39 is 0 Å². The van der Waals surface area contributed by atoms with Gasteiger partial charge in [0.2, 0.25) is 5.91 Å². The van der Waals surface area contributed by atoms with Crippen molar-refractivity contribution in [2.75, 3.05) is 37.0 Å². The second-order valence-corrected chi connectivity index (χ2v) is 5.56. The highest BCUT2D eigenvalue weighted by Crippen LogP contribution is 2.32. The fourth-order valence-corrected chi connectivity index (χ4v) is 2.45. The van der Waals surface area contributed by atoms with E-state index in [1.807, 2.05) is 0 Å². The van der Waals surface area contributed by atoms with E-state index >= 15 is 0 Å². The lowest BCUT2D eigenvalue weighted by Crippen LogP contribution is -2.22. The van der Waals surface area contributed by atoms with Crippen LogP contribution in [0.25, 0.3) is 0 Å². The number of nitrogens with one attached hydrogen (secondary N) is 2. The molecule has 0 aromatic heterocycles. The standard InChI is InChI=1S/C19H20N2O5/c1-2-24-19(23)13-3-5-14(6-4-13)20-12-18(22)21-15-7-8-16-17(11-15)26-10-9-25-16/h3-8,11,20H,2,9-10,12H2,1H3,(H,21,22). The Labute approximate surface area is 151 Å². The van der Waals surface area contributed by atoms with Gasteiger partial charge in [-0.1, -0.05) is 0 Å². The number of esters is 1. The third-order valence-corrected chi connectivity index (χ3v) is 3.68. The first-order valence-corrected chi connectivity index (χ1v) is 8.36. The summed E-state index contributed by atoms with van der Waals surface area (Å²) in [4.78, 5) is 23.7. The van der Waals surface area contributed by atoms with Crippen LogP contribution in [0.3, 0.4) is 0 Å². The number of carbonyl (C=O) groups excluding carboxylic acids is 2. The van der Waals surface area contributed by atoms with Gasteiger partial charge >= 0.3 is 5.97 Å². The van der Waals surface area contributed by atoms with Crippen molar-refractivity contribution >= 4 is 23.3 Å². The van der Waals surface area contributed by atoms with E-state index in [1.165, 1.54) is 0 Å². The summed E-state index contributed by atoms with van der Waals surface area (Å²) in [6.45, 7) is 3.20. The Morgan fingerprint density at radius 2 is 1.69 bits per heavy atom. The predicted molar refractivity (Wildman–Crippen MR) is 96.9 cm³/mol. The van der Waals surface area contributed by atoms with Gasteiger partial charge < -0.3 is 24.8 Å². The minimum absolute atomic E-state index is 0.0905. The van der Waals surface area contributed by atoms with E-state index in [1.54, 1.807) is 49.4 Å². The van der Waals surface area contributed by atoms with Crippen molar-refractivity contribution in [3.05, 3.63) is 48.0 Å². The second kappa shape index (κ2) is 8.24. The largest absolute Gasteiger partial charge is 0.486 e. The summed E-state index contributed by atoms with van der Waals surface area (Å²) < 4.78 is 15.9. The lowest BCUT2D eigenvalue weighted by Gasteiger charge is -2.19. The lowest BCUT2D eigenvalue weighted by molar-refractivity contribution is -0.114. The summed E-state index contributed by atoms with van der Waals surface area (Å²) in [6.07, 6.45) is 0. The second-order valence-electron chi connectivity index (χ2n) is 5.56. The van der Waals surface area contributed by atoms with Crippen molar-refractivity contribution in [2.45, 2.75) is 6.92 Å². The first kappa shape index (κ1) is 17.6. The molecule has 0 atom stereocenters. The number of carbonyl (C=O) groups is 2. The number of hydrogen-bond donors (Lipinski definition) is 2. The molecule has 0 saturated carbocycles. The molecule has 2 N–H and O–H groups in total. The van der Waals surface area contributed by atoms with Crippen LogP contribution in [-0.2, 0) is 9.53 Å². The van der Waals surface area contributed by atoms with Gasteiger partial charge in [-0.2, -0.15) is 0 Å². The molecule has 0 unspecified atom stereocenters. The Balaban J connectivity index is 1.52. The Hall–Kier alpha value is -3.22. The van der Waals surface area contributed by atoms with E-state index in [0.29, 0.717) is 42.6 Å². The highest BCUT2D eigenvalue weighted by Gasteiger charge is 2.13. The fourth-order valence-electron chi connectivity index (χ4n) is 2.45. The van der Waals surface area contributed by atoms with Gasteiger partial charge in [-0.15, -0.1) is 0 Å². The van der Waals surface area contributed by atoms with Gasteiger partial charge in [0, 0.05) is 17.4 Å². The molecule has 0 spiro atoms. The van der Waals surface area contributed by atoms with Gasteiger partial charge in [0.1, 0.15) is 13.2 Å². The van der Waals surface area contributed by atoms with E-state index in [4.69, 9.17) is 14.2 Å². The van der Waals surface area contributed by atoms with Crippen LogP contribution in [0.2, 0.25) is 0 Å². The summed E-state index contributed by atoms with van der Waals surface area (Å²) in [5.41, 5.74) is 1.84. The molecule has 1 heterocycles. The zero-order valence-corrected chi connectivity index (χ0v) is 14.4. The third-order valence-electron chi connectivity index (χ3n) is 3.68. The number of amides is 1. The average molecular weight is 356 g/mol. The van der Waals surface area contributed by atoms with E-state index in [-0.39, 0.29) is 18.4 Å². The van der Waals surface area contributed by atoms with Crippen molar-refractivity contribution < 1.29 is 23.8 Å². The Morgan fingerprint density at radius 1 is 1.00 bits per heavy atom. The predicted octanol–water partition coefficient (Wildman–Crippen LogP) is 2.69. The maximum atomic E-state index is 12.1. The molecule has 7 heteroatoms. The smallest absolute Gasteiger partial charge is 0.338 e. The van der Waals surface area contributed by atoms with Crippen molar-refractivity contribution in [3.63, 3.8) is 0 Å². The van der Waals surface area contributed by atoms with E-state index in [0.717, 1.165) is 5.69 Å². The van der Waals surface area contributed by atoms with Crippen LogP contribution in [0.5, 0.6) is 11.5 Å². The maximum Gasteiger partial charge on any atom is 0.338 e. The fraction of sp³-hybridized carbons (Fsp3) is 0.263. The molecule has 0 saturated heterocycles. The van der Waals surface area contributed by atoms with Crippen LogP contribution < -0.4 is 20.1 Å². The van der Waals surface area contributed by atoms with E-state index in [9.17, 15) is 9.59 Å². The monoisotopic (exact) mass is 356 g/mol. The molecule has 3 rings (SSSR count). The van der Waals surface area contributed by atoms with Crippen molar-refractivity contribution in [1.82, 2.24) is 0 Å². The van der Waals surface area contributed by atoms with Crippen LogP contribution in [-0.4, -0.2) is 38.2 Å². The SMILES string of the molecule is CCOC(=O)c1ccc(NCC(=O)Nc2ccc3c(c2)OCCO3)cc1. The Bertz CT molecular complexity index is 789. The molecule has 136 valence electrons. The maximum absolute atomic E-state index is 12.1. The first-order valence-electron chi connectivity index (χ1n) is 8.36. The molecule has 1 amide bonds. The van der Waals surface area contributed by atoms with Crippen LogP contribution in [0.1, 0.15) is 17.3 Å². The quantitative estimate of drug-likeness (QED) is 0.774. The summed E-state index contributed by atoms with van der Waals surface area (Å²) in [5, 5.41) is 5.80. The number of rotatable bonds is 6. The minimum Gasteiger partial charge on any atom is -0.486 e. The van der Waals surface area contributed by atoms with Gasteiger partial charge in [-0.3, -0.25) is 4.79 Å². The van der Waals surface area contributed by atoms with Gasteiger partial charge in [0.05, 0.1) is 18.7 Å². The normalized spacial score (nSPS) is 12.2. The molecule has 0 radical (unpaired) electrons. The molecule has 0 bridgehead atoms. The Morgan fingerprint density at radius 3 is 2.42 bits per heavy atom. The number of hydrogen-bond acceptors (Lipinski definition) is 6. The summed E-state index contributed by atoms with van der Waals surface area (Å²) in [5.74, 6) is 0.733. The van der Waals surface area contributed by atoms with Gasteiger partial charge in [-0.25, -0.2) is 4.79 Å². The highest BCUT2D eigenvalue weighted by molar-refractivity contribution is 5.94. The topological polar surface area (TPSA) is 85.9 Å². The molecule has 26 heavy (non-hydrogen) atoms. The Kier molecular flexibility index (Phi) is 5.58. The van der Waals surface area contributed by atoms with Crippen LogP contribution >= 0.6 is 0 Å². The number of fused-ring (bicyclic) bond motifs is 1. The lowest BCUT2D eigenvalue weighted by atomic mass is 10.2. The first-order chi connectivity index (χ1) is 12.7. The molecule has 2 aromatic rings. The number of benzene rings is 2. The molecule has 7 nitrogen and oxygen atoms in total. The third kappa shape index (κ3) is 4.44. The van der Waals surface area contributed by atoms with Crippen molar-refractivity contribution in [3.8, 4) is 11.5 Å². The van der Waals surface area contributed by atoms with Gasteiger partial charge in [0.25, 0.3) is 0 Å². The average Bonchev–Trinajstić information content (AvgIpc) is 2.67. The van der Waals surface area contributed by atoms with Crippen LogP contribution in [0.4, 0.5) is 11.4 Å². The zero-order valence-electron chi connectivity index (χ0n) is 14.4. The number of anilines is 2. The van der Waals surface area contributed by atoms with Crippen LogP contribution in [0.15, 0.2) is 42.5 Å². The molecule has 0 fully saturated rings. The van der Waals surface area contributed by atoms with Gasteiger partial charge in [0.15, 0.2) is 11.5 Å². The van der Waals surface area contributed by atoms with Gasteiger partial charge in [-0.05, 0) is 43.3 Å². The summed E-state index contributed by atoms with van der Waals surface area (Å²) >= 11 is 0.